The van der Waals surface area contributed by atoms with Gasteiger partial charge in [-0.1, -0.05) is 12.1 Å². The van der Waals surface area contributed by atoms with Crippen LogP contribution in [0.15, 0.2) is 24.3 Å². The number of aliphatic hydroxyl groups excluding tert-OH is 2. The van der Waals surface area contributed by atoms with Crippen molar-refractivity contribution in [2.24, 2.45) is 0 Å². The van der Waals surface area contributed by atoms with Crippen molar-refractivity contribution in [2.75, 3.05) is 37.7 Å². The first-order valence-electron chi connectivity index (χ1n) is 8.05. The number of hydrogen-bond donors (Lipinski definition) is 3. The van der Waals surface area contributed by atoms with Crippen LogP contribution in [-0.4, -0.2) is 79.3 Å². The summed E-state index contributed by atoms with van der Waals surface area (Å²) in [6.07, 6.45) is -0.532. The zero-order chi connectivity index (χ0) is 18.4. The fourth-order valence-electron chi connectivity index (χ4n) is 2.89. The average Bonchev–Trinajstić information content (AvgIpc) is 2.81. The zero-order valence-electron chi connectivity index (χ0n) is 13.8. The highest BCUT2D eigenvalue weighted by Crippen LogP contribution is 2.18. The number of carbonyl (C=O) groups excluding carboxylic acids is 1. The minimum Gasteiger partial charge on any atom is -0.395 e. The van der Waals surface area contributed by atoms with Gasteiger partial charge in [-0.15, -0.1) is 0 Å². The van der Waals surface area contributed by atoms with Crippen LogP contribution in [-0.2, 0) is 21.1 Å². The number of aliphatic hydroxyl groups is 2. The summed E-state index contributed by atoms with van der Waals surface area (Å²) in [5, 5.41) is 21.8. The van der Waals surface area contributed by atoms with E-state index in [1.807, 2.05) is 0 Å². The molecule has 1 aliphatic rings. The molecule has 0 aromatic heterocycles. The molecule has 1 aromatic carbocycles. The smallest absolute Gasteiger partial charge is 0.234 e. The fraction of sp³-hybridized carbons (Fsp3) is 0.562. The van der Waals surface area contributed by atoms with Gasteiger partial charge in [-0.2, -0.15) is 0 Å². The molecule has 1 fully saturated rings. The Morgan fingerprint density at radius 2 is 1.96 bits per heavy atom. The predicted octanol–water partition coefficient (Wildman–Crippen LogP) is -1.06. The van der Waals surface area contributed by atoms with Gasteiger partial charge in [0, 0.05) is 13.1 Å². The van der Waals surface area contributed by atoms with Crippen molar-refractivity contribution in [3.63, 3.8) is 0 Å². The first kappa shape index (κ1) is 19.8. The summed E-state index contributed by atoms with van der Waals surface area (Å²) in [5.74, 6) is -1.20. The molecule has 2 atom stereocenters. The molecule has 3 N–H and O–H groups in total. The van der Waals surface area contributed by atoms with Gasteiger partial charge in [0.15, 0.2) is 9.84 Å². The number of rotatable bonds is 8. The van der Waals surface area contributed by atoms with E-state index in [4.69, 9.17) is 5.11 Å². The minimum absolute atomic E-state index is 0.0998. The molecule has 1 heterocycles. The Labute approximate surface area is 146 Å². The first-order valence-corrected chi connectivity index (χ1v) is 9.87. The third kappa shape index (κ3) is 6.03. The third-order valence-electron chi connectivity index (χ3n) is 4.15. The summed E-state index contributed by atoms with van der Waals surface area (Å²) in [6.45, 7) is 0.0962. The number of benzene rings is 1. The Morgan fingerprint density at radius 3 is 2.52 bits per heavy atom. The van der Waals surface area contributed by atoms with Crippen molar-refractivity contribution in [1.29, 1.82) is 0 Å². The van der Waals surface area contributed by atoms with Gasteiger partial charge in [0.2, 0.25) is 5.91 Å². The van der Waals surface area contributed by atoms with Gasteiger partial charge in [0.1, 0.15) is 5.82 Å². The van der Waals surface area contributed by atoms with Crippen LogP contribution in [0.25, 0.3) is 0 Å². The number of hydrogen-bond acceptors (Lipinski definition) is 6. The number of sulfone groups is 1. The van der Waals surface area contributed by atoms with Crippen molar-refractivity contribution in [3.05, 3.63) is 35.6 Å². The van der Waals surface area contributed by atoms with E-state index >= 15 is 0 Å². The van der Waals surface area contributed by atoms with Gasteiger partial charge in [-0.3, -0.25) is 9.69 Å². The van der Waals surface area contributed by atoms with Gasteiger partial charge in [-0.05, 0) is 24.1 Å². The van der Waals surface area contributed by atoms with Crippen molar-refractivity contribution < 1.29 is 27.8 Å². The zero-order valence-corrected chi connectivity index (χ0v) is 14.6. The van der Waals surface area contributed by atoms with E-state index < -0.39 is 22.0 Å². The molecular weight excluding hydrogens is 351 g/mol. The number of amides is 1. The Hall–Kier alpha value is -1.55. The number of carbonyl (C=O) groups is 1. The predicted molar refractivity (Wildman–Crippen MR) is 90.2 cm³/mol. The third-order valence-corrected chi connectivity index (χ3v) is 5.84. The molecule has 1 saturated heterocycles. The fourth-order valence-corrected chi connectivity index (χ4v) is 4.72. The molecule has 1 aromatic rings. The molecular formula is C16H23FN2O5S. The summed E-state index contributed by atoms with van der Waals surface area (Å²) in [6, 6.07) is 5.28. The van der Waals surface area contributed by atoms with Crippen molar-refractivity contribution in [1.82, 2.24) is 10.2 Å². The van der Waals surface area contributed by atoms with E-state index in [0.29, 0.717) is 13.0 Å². The summed E-state index contributed by atoms with van der Waals surface area (Å²) in [5.41, 5.74) is 0.881. The first-order chi connectivity index (χ1) is 11.8. The van der Waals surface area contributed by atoms with Crippen molar-refractivity contribution in [2.45, 2.75) is 18.6 Å². The van der Waals surface area contributed by atoms with E-state index in [9.17, 15) is 22.7 Å². The Balaban J connectivity index is 1.84. The lowest BCUT2D eigenvalue weighted by Crippen LogP contribution is -2.49. The second-order valence-electron chi connectivity index (χ2n) is 6.13. The maximum absolute atomic E-state index is 12.8. The SMILES string of the molecule is O=C(CN(CCO)[C@@H]1CS(=O)(=O)C[C@H]1O)NCCc1ccc(F)cc1. The van der Waals surface area contributed by atoms with E-state index in [0.717, 1.165) is 5.56 Å². The molecule has 1 amide bonds. The molecule has 7 nitrogen and oxygen atoms in total. The molecule has 0 aliphatic carbocycles. The van der Waals surface area contributed by atoms with E-state index in [1.165, 1.54) is 17.0 Å². The van der Waals surface area contributed by atoms with E-state index in [-0.39, 0.29) is 42.9 Å². The van der Waals surface area contributed by atoms with E-state index in [1.54, 1.807) is 12.1 Å². The molecule has 9 heteroatoms. The van der Waals surface area contributed by atoms with Crippen molar-refractivity contribution in [3.8, 4) is 0 Å². The summed E-state index contributed by atoms with van der Waals surface area (Å²) in [4.78, 5) is 13.6. The van der Waals surface area contributed by atoms with Crippen molar-refractivity contribution >= 4 is 15.7 Å². The normalized spacial score (nSPS) is 22.2. The lowest BCUT2D eigenvalue weighted by atomic mass is 10.1. The molecule has 0 unspecified atom stereocenters. The summed E-state index contributed by atoms with van der Waals surface area (Å²) in [7, 11) is -3.34. The standard InChI is InChI=1S/C16H23FN2O5S/c17-13-3-1-12(2-4-13)5-6-18-16(22)9-19(7-8-20)14-10-25(23,24)11-15(14)21/h1-4,14-15,20-21H,5-11H2,(H,18,22)/t14-,15-/m1/s1. The van der Waals surface area contributed by atoms with Crippen LogP contribution in [0.1, 0.15) is 5.56 Å². The number of nitrogens with one attached hydrogen (secondary N) is 1. The van der Waals surface area contributed by atoms with Crippen LogP contribution in [0.5, 0.6) is 0 Å². The minimum atomic E-state index is -3.34. The molecule has 1 aliphatic heterocycles. The van der Waals surface area contributed by atoms with Gasteiger partial charge in [0.25, 0.3) is 0 Å². The van der Waals surface area contributed by atoms with Crippen LogP contribution in [0.4, 0.5) is 4.39 Å². The second-order valence-corrected chi connectivity index (χ2v) is 8.29. The molecule has 0 spiro atoms. The summed E-state index contributed by atoms with van der Waals surface area (Å²) >= 11 is 0. The maximum atomic E-state index is 12.8. The molecule has 25 heavy (non-hydrogen) atoms. The number of nitrogens with zero attached hydrogens (tertiary/aromatic N) is 1. The highest BCUT2D eigenvalue weighted by molar-refractivity contribution is 7.91. The molecule has 0 radical (unpaired) electrons. The van der Waals surface area contributed by atoms with Crippen LogP contribution in [0, 0.1) is 5.82 Å². The second kappa shape index (κ2) is 8.70. The van der Waals surface area contributed by atoms with Gasteiger partial charge in [0.05, 0.1) is 36.8 Å². The molecule has 0 saturated carbocycles. The lowest BCUT2D eigenvalue weighted by molar-refractivity contribution is -0.123. The van der Waals surface area contributed by atoms with Gasteiger partial charge in [-0.25, -0.2) is 12.8 Å². The maximum Gasteiger partial charge on any atom is 0.234 e. The summed E-state index contributed by atoms with van der Waals surface area (Å²) < 4.78 is 36.1. The topological polar surface area (TPSA) is 107 Å². The van der Waals surface area contributed by atoms with Crippen LogP contribution < -0.4 is 5.32 Å². The highest BCUT2D eigenvalue weighted by atomic mass is 32.2. The number of halogens is 1. The Morgan fingerprint density at radius 1 is 1.28 bits per heavy atom. The van der Waals surface area contributed by atoms with Crippen LogP contribution in [0.3, 0.4) is 0 Å². The van der Waals surface area contributed by atoms with Crippen LogP contribution in [0.2, 0.25) is 0 Å². The Kier molecular flexibility index (Phi) is 6.88. The molecule has 140 valence electrons. The quantitative estimate of drug-likeness (QED) is 0.535. The lowest BCUT2D eigenvalue weighted by Gasteiger charge is -2.28. The van der Waals surface area contributed by atoms with E-state index in [2.05, 4.69) is 5.32 Å². The molecule has 0 bridgehead atoms. The van der Waals surface area contributed by atoms with Gasteiger partial charge < -0.3 is 15.5 Å². The van der Waals surface area contributed by atoms with Crippen LogP contribution >= 0.6 is 0 Å². The van der Waals surface area contributed by atoms with Gasteiger partial charge >= 0.3 is 0 Å². The monoisotopic (exact) mass is 374 g/mol. The highest BCUT2D eigenvalue weighted by Gasteiger charge is 2.40. The Bertz CT molecular complexity index is 680. The largest absolute Gasteiger partial charge is 0.395 e. The molecule has 2 rings (SSSR count). The average molecular weight is 374 g/mol.